The van der Waals surface area contributed by atoms with Crippen molar-refractivity contribution >= 4 is 21.8 Å². The molecular weight excluding hydrogens is 208 g/mol. The number of H-pyrrole nitrogens is 1. The predicted octanol–water partition coefficient (Wildman–Crippen LogP) is 3.95. The Balaban J connectivity index is 2.56. The van der Waals surface area contributed by atoms with E-state index in [1.54, 1.807) is 0 Å². The van der Waals surface area contributed by atoms with Crippen molar-refractivity contribution in [3.63, 3.8) is 0 Å². The number of hydrogen-bond acceptors (Lipinski definition) is 1. The molecule has 0 radical (unpaired) electrons. The molecule has 1 N–H and O–H groups in total. The van der Waals surface area contributed by atoms with E-state index in [0.29, 0.717) is 0 Å². The van der Waals surface area contributed by atoms with E-state index in [2.05, 4.69) is 48.9 Å². The highest BCUT2D eigenvalue weighted by molar-refractivity contribution is 6.08. The van der Waals surface area contributed by atoms with Crippen molar-refractivity contribution in [2.75, 3.05) is 0 Å². The molecule has 0 aliphatic rings. The number of hydrogen-bond donors (Lipinski definition) is 1. The fourth-order valence-corrected chi connectivity index (χ4v) is 2.54. The molecule has 0 bridgehead atoms. The summed E-state index contributed by atoms with van der Waals surface area (Å²) in [7, 11) is 0. The minimum absolute atomic E-state index is 1.06. The van der Waals surface area contributed by atoms with Gasteiger partial charge < -0.3 is 4.98 Å². The van der Waals surface area contributed by atoms with Gasteiger partial charge in [-0.15, -0.1) is 0 Å². The van der Waals surface area contributed by atoms with Gasteiger partial charge in [0.15, 0.2) is 0 Å². The molecule has 2 nitrogen and oxygen atoms in total. The second-order valence-electron chi connectivity index (χ2n) is 4.88. The van der Waals surface area contributed by atoms with Crippen molar-refractivity contribution in [1.29, 1.82) is 0 Å². The minimum Gasteiger partial charge on any atom is -0.354 e. The number of benzene rings is 1. The molecule has 0 aliphatic carbocycles. The van der Waals surface area contributed by atoms with Crippen LogP contribution in [0.15, 0.2) is 18.2 Å². The Kier molecular flexibility index (Phi) is 2.02. The molecule has 0 saturated carbocycles. The summed E-state index contributed by atoms with van der Waals surface area (Å²) in [4.78, 5) is 8.04. The maximum absolute atomic E-state index is 4.56. The lowest BCUT2D eigenvalue weighted by Crippen LogP contribution is -1.86. The highest BCUT2D eigenvalue weighted by atomic mass is 14.8. The first kappa shape index (κ1) is 10.3. The van der Waals surface area contributed by atoms with Crippen molar-refractivity contribution in [2.45, 2.75) is 27.7 Å². The number of aromatic nitrogens is 2. The molecule has 3 rings (SSSR count). The van der Waals surface area contributed by atoms with Gasteiger partial charge in [-0.1, -0.05) is 0 Å². The Morgan fingerprint density at radius 1 is 0.882 bits per heavy atom. The monoisotopic (exact) mass is 224 g/mol. The van der Waals surface area contributed by atoms with Crippen LogP contribution in [0.4, 0.5) is 0 Å². The van der Waals surface area contributed by atoms with Crippen molar-refractivity contribution in [1.82, 2.24) is 9.97 Å². The Morgan fingerprint density at radius 2 is 1.59 bits per heavy atom. The normalized spacial score (nSPS) is 11.5. The summed E-state index contributed by atoms with van der Waals surface area (Å²) < 4.78 is 0. The van der Waals surface area contributed by atoms with Gasteiger partial charge in [0, 0.05) is 27.7 Å². The fraction of sp³-hybridized carbons (Fsp3) is 0.267. The summed E-state index contributed by atoms with van der Waals surface area (Å²) in [6.45, 7) is 8.42. The lowest BCUT2D eigenvalue weighted by atomic mass is 10.0. The number of aromatic amines is 1. The Morgan fingerprint density at radius 3 is 2.35 bits per heavy atom. The fourth-order valence-electron chi connectivity index (χ4n) is 2.54. The van der Waals surface area contributed by atoms with E-state index in [-0.39, 0.29) is 0 Å². The Labute approximate surface area is 101 Å². The van der Waals surface area contributed by atoms with Crippen molar-refractivity contribution in [3.8, 4) is 0 Å². The van der Waals surface area contributed by atoms with Gasteiger partial charge in [-0.2, -0.15) is 0 Å². The molecule has 0 atom stereocenters. The third kappa shape index (κ3) is 1.44. The molecule has 0 amide bonds. The molecule has 0 fully saturated rings. The van der Waals surface area contributed by atoms with Gasteiger partial charge in [0.05, 0.1) is 5.52 Å². The minimum atomic E-state index is 1.06. The Hall–Kier alpha value is -1.83. The molecule has 2 heteroatoms. The van der Waals surface area contributed by atoms with Crippen LogP contribution in [0.5, 0.6) is 0 Å². The third-order valence-electron chi connectivity index (χ3n) is 3.50. The van der Waals surface area contributed by atoms with Crippen LogP contribution in [0.2, 0.25) is 0 Å². The van der Waals surface area contributed by atoms with Gasteiger partial charge in [-0.05, 0) is 57.0 Å². The smallest absolute Gasteiger partial charge is 0.0501 e. The summed E-state index contributed by atoms with van der Waals surface area (Å²) in [6, 6.07) is 6.60. The molecule has 2 aromatic heterocycles. The molecule has 3 aromatic rings. The largest absolute Gasteiger partial charge is 0.354 e. The van der Waals surface area contributed by atoms with Gasteiger partial charge in [0.1, 0.15) is 0 Å². The van der Waals surface area contributed by atoms with Crippen LogP contribution in [0.1, 0.15) is 22.5 Å². The molecule has 2 heterocycles. The Bertz CT molecular complexity index is 736. The highest BCUT2D eigenvalue weighted by Crippen LogP contribution is 2.29. The topological polar surface area (TPSA) is 28.7 Å². The number of aryl methyl sites for hydroxylation is 4. The lowest BCUT2D eigenvalue weighted by Gasteiger charge is -2.01. The average Bonchev–Trinajstić information content (AvgIpc) is 2.56. The van der Waals surface area contributed by atoms with Crippen LogP contribution < -0.4 is 0 Å². The maximum Gasteiger partial charge on any atom is 0.0501 e. The molecule has 1 aromatic carbocycles. The number of nitrogens with one attached hydrogen (secondary N) is 1. The van der Waals surface area contributed by atoms with Crippen molar-refractivity contribution < 1.29 is 0 Å². The van der Waals surface area contributed by atoms with Crippen molar-refractivity contribution in [2.24, 2.45) is 0 Å². The first-order chi connectivity index (χ1) is 8.06. The molecule has 0 spiro atoms. The zero-order valence-electron chi connectivity index (χ0n) is 10.7. The van der Waals surface area contributed by atoms with E-state index in [0.717, 1.165) is 11.4 Å². The average molecular weight is 224 g/mol. The molecule has 17 heavy (non-hydrogen) atoms. The molecule has 0 unspecified atom stereocenters. The second kappa shape index (κ2) is 3.33. The number of pyridine rings is 1. The van der Waals surface area contributed by atoms with E-state index >= 15 is 0 Å². The zero-order chi connectivity index (χ0) is 12.2. The van der Waals surface area contributed by atoms with Gasteiger partial charge in [-0.3, -0.25) is 4.98 Å². The first-order valence-corrected chi connectivity index (χ1v) is 5.93. The van der Waals surface area contributed by atoms with Crippen LogP contribution in [-0.4, -0.2) is 9.97 Å². The standard InChI is InChI=1S/C15H16N2/c1-8-5-12-13(6-9(8)2)17-14-7-10(3)16-11(4)15(12)14/h5-7,17H,1-4H3. The summed E-state index contributed by atoms with van der Waals surface area (Å²) in [5.41, 5.74) is 7.22. The van der Waals surface area contributed by atoms with Crippen LogP contribution in [0.25, 0.3) is 21.8 Å². The van der Waals surface area contributed by atoms with Gasteiger partial charge >= 0.3 is 0 Å². The van der Waals surface area contributed by atoms with Gasteiger partial charge in [0.25, 0.3) is 0 Å². The molecule has 86 valence electrons. The van der Waals surface area contributed by atoms with E-state index in [9.17, 15) is 0 Å². The molecule has 0 saturated heterocycles. The van der Waals surface area contributed by atoms with Crippen LogP contribution in [-0.2, 0) is 0 Å². The quantitative estimate of drug-likeness (QED) is 0.615. The van der Waals surface area contributed by atoms with Crippen LogP contribution in [0.3, 0.4) is 0 Å². The summed E-state index contributed by atoms with van der Waals surface area (Å²) >= 11 is 0. The van der Waals surface area contributed by atoms with Crippen LogP contribution >= 0.6 is 0 Å². The van der Waals surface area contributed by atoms with Crippen LogP contribution in [0, 0.1) is 27.7 Å². The van der Waals surface area contributed by atoms with Gasteiger partial charge in [-0.25, -0.2) is 0 Å². The number of rotatable bonds is 0. The van der Waals surface area contributed by atoms with E-state index in [1.165, 1.54) is 32.9 Å². The van der Waals surface area contributed by atoms with E-state index in [1.807, 2.05) is 6.92 Å². The summed E-state index contributed by atoms with van der Waals surface area (Å²) in [5.74, 6) is 0. The second-order valence-corrected chi connectivity index (χ2v) is 4.88. The van der Waals surface area contributed by atoms with E-state index in [4.69, 9.17) is 0 Å². The number of fused-ring (bicyclic) bond motifs is 3. The third-order valence-corrected chi connectivity index (χ3v) is 3.50. The molecular formula is C15H16N2. The summed E-state index contributed by atoms with van der Waals surface area (Å²) in [6.07, 6.45) is 0. The number of nitrogens with zero attached hydrogens (tertiary/aromatic N) is 1. The predicted molar refractivity (Wildman–Crippen MR) is 72.5 cm³/mol. The maximum atomic E-state index is 4.56. The van der Waals surface area contributed by atoms with Gasteiger partial charge in [0.2, 0.25) is 0 Å². The zero-order valence-corrected chi connectivity index (χ0v) is 10.7. The molecule has 0 aliphatic heterocycles. The highest BCUT2D eigenvalue weighted by Gasteiger charge is 2.09. The summed E-state index contributed by atoms with van der Waals surface area (Å²) in [5, 5.41) is 2.54. The van der Waals surface area contributed by atoms with Crippen molar-refractivity contribution in [3.05, 3.63) is 40.7 Å². The van der Waals surface area contributed by atoms with E-state index < -0.39 is 0 Å². The lowest BCUT2D eigenvalue weighted by molar-refractivity contribution is 1.15. The first-order valence-electron chi connectivity index (χ1n) is 5.93. The SMILES string of the molecule is Cc1cc2[nH]c3cc(C)c(C)cc3c2c(C)n1.